The smallest absolute Gasteiger partial charge is 0.269 e. The highest BCUT2D eigenvalue weighted by Gasteiger charge is 2.17. The van der Waals surface area contributed by atoms with Crippen molar-refractivity contribution in [1.82, 2.24) is 9.78 Å². The number of carbonyl (C=O) groups is 1. The largest absolute Gasteiger partial charge is 0.371 e. The number of non-ortho nitro benzene ring substituents is 1. The van der Waals surface area contributed by atoms with E-state index < -0.39 is 11.0 Å². The van der Waals surface area contributed by atoms with E-state index in [1.807, 2.05) is 31.6 Å². The number of amides is 1. The number of hydrogen-bond acceptors (Lipinski definition) is 5. The van der Waals surface area contributed by atoms with Gasteiger partial charge in [0.1, 0.15) is 6.04 Å². The van der Waals surface area contributed by atoms with Crippen LogP contribution in [0.25, 0.3) is 0 Å². The Kier molecular flexibility index (Phi) is 4.87. The van der Waals surface area contributed by atoms with Gasteiger partial charge >= 0.3 is 0 Å². The fraction of sp³-hybridized carbons (Fsp3) is 0.375. The summed E-state index contributed by atoms with van der Waals surface area (Å²) in [6.07, 6.45) is 3.51. The highest BCUT2D eigenvalue weighted by atomic mass is 16.6. The van der Waals surface area contributed by atoms with Crippen LogP contribution in [0.1, 0.15) is 27.7 Å². The van der Waals surface area contributed by atoms with Gasteiger partial charge in [-0.2, -0.15) is 5.10 Å². The number of anilines is 2. The van der Waals surface area contributed by atoms with Crippen LogP contribution in [0.3, 0.4) is 0 Å². The fourth-order valence-corrected chi connectivity index (χ4v) is 2.00. The zero-order chi connectivity index (χ0) is 17.9. The lowest BCUT2D eigenvalue weighted by atomic mass is 10.1. The summed E-state index contributed by atoms with van der Waals surface area (Å²) in [6, 6.07) is 5.21. The molecule has 2 N–H and O–H groups in total. The van der Waals surface area contributed by atoms with Crippen molar-refractivity contribution in [2.45, 2.75) is 39.3 Å². The number of nitro groups is 1. The zero-order valence-corrected chi connectivity index (χ0v) is 14.1. The van der Waals surface area contributed by atoms with Crippen LogP contribution in [0.2, 0.25) is 0 Å². The van der Waals surface area contributed by atoms with Crippen LogP contribution in [0.4, 0.5) is 17.1 Å². The number of rotatable bonds is 5. The average molecular weight is 331 g/mol. The molecule has 0 aliphatic heterocycles. The first-order chi connectivity index (χ1) is 11.2. The van der Waals surface area contributed by atoms with Gasteiger partial charge in [0, 0.05) is 24.0 Å². The molecule has 0 saturated carbocycles. The van der Waals surface area contributed by atoms with Crippen LogP contribution in [0.5, 0.6) is 0 Å². The maximum absolute atomic E-state index is 12.2. The molecule has 128 valence electrons. The van der Waals surface area contributed by atoms with Gasteiger partial charge in [-0.3, -0.25) is 19.6 Å². The molecule has 8 nitrogen and oxygen atoms in total. The predicted molar refractivity (Wildman–Crippen MR) is 92.0 cm³/mol. The molecule has 1 atom stereocenters. The molecule has 1 heterocycles. The van der Waals surface area contributed by atoms with Crippen LogP contribution in [0.15, 0.2) is 36.7 Å². The first-order valence-corrected chi connectivity index (χ1v) is 7.54. The lowest BCUT2D eigenvalue weighted by molar-refractivity contribution is -0.384. The average Bonchev–Trinajstić information content (AvgIpc) is 2.96. The van der Waals surface area contributed by atoms with E-state index >= 15 is 0 Å². The normalized spacial score (nSPS) is 12.5. The number of nitrogens with one attached hydrogen (secondary N) is 2. The Morgan fingerprint density at radius 1 is 1.25 bits per heavy atom. The number of carbonyl (C=O) groups excluding carboxylic acids is 1. The van der Waals surface area contributed by atoms with Crippen molar-refractivity contribution >= 4 is 23.0 Å². The molecule has 2 rings (SSSR count). The molecule has 0 spiro atoms. The van der Waals surface area contributed by atoms with Gasteiger partial charge < -0.3 is 10.6 Å². The minimum Gasteiger partial charge on any atom is -0.371 e. The molecule has 8 heteroatoms. The second-order valence-corrected chi connectivity index (χ2v) is 6.50. The second-order valence-electron chi connectivity index (χ2n) is 6.50. The van der Waals surface area contributed by atoms with Gasteiger partial charge in [-0.1, -0.05) is 0 Å². The summed E-state index contributed by atoms with van der Waals surface area (Å²) in [5.41, 5.74) is 1.10. The predicted octanol–water partition coefficient (Wildman–Crippen LogP) is 2.99. The molecule has 0 aliphatic carbocycles. The summed E-state index contributed by atoms with van der Waals surface area (Å²) in [7, 11) is 0. The Morgan fingerprint density at radius 2 is 1.88 bits per heavy atom. The summed E-state index contributed by atoms with van der Waals surface area (Å²) in [5, 5.41) is 20.7. The van der Waals surface area contributed by atoms with E-state index in [0.29, 0.717) is 5.69 Å². The monoisotopic (exact) mass is 331 g/mol. The number of aromatic nitrogens is 2. The third-order valence-electron chi connectivity index (χ3n) is 3.39. The molecule has 0 bridgehead atoms. The Balaban J connectivity index is 1.97. The van der Waals surface area contributed by atoms with Crippen molar-refractivity contribution in [2.75, 3.05) is 10.6 Å². The van der Waals surface area contributed by atoms with Gasteiger partial charge in [-0.25, -0.2) is 0 Å². The number of nitrogens with zero attached hydrogens (tertiary/aromatic N) is 3. The third-order valence-corrected chi connectivity index (χ3v) is 3.39. The SMILES string of the molecule is CC(Nc1cnn(C(C)(C)C)c1)C(=O)Nc1ccc([N+](=O)[O-])cc1. The first kappa shape index (κ1) is 17.5. The molecule has 0 saturated heterocycles. The lowest BCUT2D eigenvalue weighted by Gasteiger charge is -2.19. The molecule has 2 aromatic rings. The van der Waals surface area contributed by atoms with Gasteiger partial charge in [0.05, 0.1) is 22.3 Å². The van der Waals surface area contributed by atoms with Crippen molar-refractivity contribution in [3.63, 3.8) is 0 Å². The van der Waals surface area contributed by atoms with E-state index in [9.17, 15) is 14.9 Å². The Morgan fingerprint density at radius 3 is 2.38 bits per heavy atom. The molecule has 1 amide bonds. The summed E-state index contributed by atoms with van der Waals surface area (Å²) in [5.74, 6) is -0.243. The van der Waals surface area contributed by atoms with Crippen LogP contribution in [-0.4, -0.2) is 26.7 Å². The summed E-state index contributed by atoms with van der Waals surface area (Å²) < 4.78 is 1.82. The standard InChI is InChI=1S/C16H21N5O3/c1-11(18-13-9-17-20(10-13)16(2,3)4)15(22)19-12-5-7-14(8-6-12)21(23)24/h5-11,18H,1-4H3,(H,19,22). The topological polar surface area (TPSA) is 102 Å². The third kappa shape index (κ3) is 4.31. The molecule has 0 radical (unpaired) electrons. The molecule has 1 unspecified atom stereocenters. The maximum atomic E-state index is 12.2. The zero-order valence-electron chi connectivity index (χ0n) is 14.1. The molecule has 0 aliphatic rings. The van der Waals surface area contributed by atoms with E-state index in [1.165, 1.54) is 24.3 Å². The van der Waals surface area contributed by atoms with Gasteiger partial charge in [-0.05, 0) is 39.8 Å². The number of nitro benzene ring substituents is 1. The Hall–Kier alpha value is -2.90. The van der Waals surface area contributed by atoms with Crippen molar-refractivity contribution in [1.29, 1.82) is 0 Å². The van der Waals surface area contributed by atoms with Crippen LogP contribution >= 0.6 is 0 Å². The van der Waals surface area contributed by atoms with E-state index in [2.05, 4.69) is 15.7 Å². The Labute approximate surface area is 140 Å². The van der Waals surface area contributed by atoms with Crippen molar-refractivity contribution in [3.8, 4) is 0 Å². The minimum atomic E-state index is -0.488. The lowest BCUT2D eigenvalue weighted by Crippen LogP contribution is -2.31. The highest BCUT2D eigenvalue weighted by molar-refractivity contribution is 5.96. The molecule has 24 heavy (non-hydrogen) atoms. The van der Waals surface area contributed by atoms with E-state index in [4.69, 9.17) is 0 Å². The van der Waals surface area contributed by atoms with Gasteiger partial charge in [0.25, 0.3) is 5.69 Å². The summed E-state index contributed by atoms with van der Waals surface area (Å²) >= 11 is 0. The van der Waals surface area contributed by atoms with Crippen molar-refractivity contribution in [3.05, 3.63) is 46.8 Å². The van der Waals surface area contributed by atoms with E-state index in [0.717, 1.165) is 5.69 Å². The first-order valence-electron chi connectivity index (χ1n) is 7.54. The second kappa shape index (κ2) is 6.69. The molecule has 1 aromatic heterocycles. The number of benzene rings is 1. The Bertz CT molecular complexity index is 731. The van der Waals surface area contributed by atoms with Gasteiger partial charge in [0.2, 0.25) is 5.91 Å². The highest BCUT2D eigenvalue weighted by Crippen LogP contribution is 2.18. The fourth-order valence-electron chi connectivity index (χ4n) is 2.00. The van der Waals surface area contributed by atoms with Gasteiger partial charge in [-0.15, -0.1) is 0 Å². The van der Waals surface area contributed by atoms with Crippen molar-refractivity contribution < 1.29 is 9.72 Å². The quantitative estimate of drug-likeness (QED) is 0.648. The van der Waals surface area contributed by atoms with E-state index in [1.54, 1.807) is 13.1 Å². The summed E-state index contributed by atoms with van der Waals surface area (Å²) in [4.78, 5) is 22.3. The van der Waals surface area contributed by atoms with Crippen LogP contribution < -0.4 is 10.6 Å². The van der Waals surface area contributed by atoms with Crippen molar-refractivity contribution in [2.24, 2.45) is 0 Å². The molecular weight excluding hydrogens is 310 g/mol. The summed E-state index contributed by atoms with van der Waals surface area (Å²) in [6.45, 7) is 7.84. The van der Waals surface area contributed by atoms with E-state index in [-0.39, 0.29) is 17.1 Å². The van der Waals surface area contributed by atoms with Gasteiger partial charge in [0.15, 0.2) is 0 Å². The molecular formula is C16H21N5O3. The van der Waals surface area contributed by atoms with Crippen LogP contribution in [0, 0.1) is 10.1 Å². The number of hydrogen-bond donors (Lipinski definition) is 2. The minimum absolute atomic E-state index is 0.0197. The molecule has 1 aromatic carbocycles. The maximum Gasteiger partial charge on any atom is 0.269 e. The van der Waals surface area contributed by atoms with Crippen LogP contribution in [-0.2, 0) is 10.3 Å². The molecule has 0 fully saturated rings.